The van der Waals surface area contributed by atoms with Crippen LogP contribution in [0.25, 0.3) is 0 Å². The van der Waals surface area contributed by atoms with Gasteiger partial charge in [-0.3, -0.25) is 4.79 Å². The first-order valence-corrected chi connectivity index (χ1v) is 9.93. The second-order valence-electron chi connectivity index (χ2n) is 6.05. The van der Waals surface area contributed by atoms with Crippen molar-refractivity contribution in [2.24, 2.45) is 0 Å². The molecule has 0 aliphatic carbocycles. The Kier molecular flexibility index (Phi) is 8.36. The molecule has 1 atom stereocenters. The highest BCUT2D eigenvalue weighted by Crippen LogP contribution is 2.22. The van der Waals surface area contributed by atoms with Crippen LogP contribution in [0.3, 0.4) is 0 Å². The molecule has 0 unspecified atom stereocenters. The van der Waals surface area contributed by atoms with Gasteiger partial charge in [0.15, 0.2) is 5.54 Å². The quantitative estimate of drug-likeness (QED) is 0.372. The summed E-state index contributed by atoms with van der Waals surface area (Å²) >= 11 is 1.67. The van der Waals surface area contributed by atoms with Crippen molar-refractivity contribution in [1.82, 2.24) is 5.32 Å². The van der Waals surface area contributed by atoms with Gasteiger partial charge in [0.2, 0.25) is 0 Å². The topological polar surface area (TPSA) is 75.6 Å². The summed E-state index contributed by atoms with van der Waals surface area (Å²) in [6, 6.07) is 18.6. The predicted molar refractivity (Wildman–Crippen MR) is 107 cm³/mol. The smallest absolute Gasteiger partial charge is 0.334 e. The summed E-state index contributed by atoms with van der Waals surface area (Å²) in [4.78, 5) is 26.2. The highest BCUT2D eigenvalue weighted by atomic mass is 32.2. The maximum Gasteiger partial charge on any atom is 0.334 e. The van der Waals surface area contributed by atoms with Crippen LogP contribution in [0.5, 0.6) is 0 Å². The minimum Gasteiger partial charge on any atom is -0.464 e. The number of ether oxygens (including phenoxy) is 1. The number of hydrogen-bond donors (Lipinski definition) is 2. The molecular weight excluding hydrogens is 362 g/mol. The fourth-order valence-electron chi connectivity index (χ4n) is 2.63. The minimum atomic E-state index is -1.44. The molecule has 2 N–H and O–H groups in total. The van der Waals surface area contributed by atoms with E-state index < -0.39 is 24.0 Å². The number of benzene rings is 2. The molecule has 0 spiro atoms. The second kappa shape index (κ2) is 10.7. The van der Waals surface area contributed by atoms with E-state index in [1.54, 1.807) is 43.0 Å². The number of hydrogen-bond acceptors (Lipinski definition) is 5. The van der Waals surface area contributed by atoms with E-state index >= 15 is 0 Å². The third-order valence-corrected chi connectivity index (χ3v) is 5.18. The van der Waals surface area contributed by atoms with Gasteiger partial charge in [-0.15, -0.1) is 11.8 Å². The second-order valence-corrected chi connectivity index (χ2v) is 7.21. The third-order valence-electron chi connectivity index (χ3n) is 4.08. The largest absolute Gasteiger partial charge is 0.464 e. The molecule has 6 heteroatoms. The average Bonchev–Trinajstić information content (AvgIpc) is 2.71. The molecule has 0 heterocycles. The van der Waals surface area contributed by atoms with Crippen molar-refractivity contribution in [2.75, 3.05) is 19.0 Å². The molecule has 0 aromatic heterocycles. The molecule has 0 bridgehead atoms. The maximum absolute atomic E-state index is 12.5. The van der Waals surface area contributed by atoms with Crippen molar-refractivity contribution in [3.63, 3.8) is 0 Å². The first-order chi connectivity index (χ1) is 13.1. The Hall–Kier alpha value is -2.31. The van der Waals surface area contributed by atoms with Gasteiger partial charge < -0.3 is 15.2 Å². The summed E-state index contributed by atoms with van der Waals surface area (Å²) in [6.07, 6.45) is 0.925. The van der Waals surface area contributed by atoms with Crippen molar-refractivity contribution in [3.05, 3.63) is 66.2 Å². The summed E-state index contributed by atoms with van der Waals surface area (Å²) in [5.74, 6) is -0.262. The van der Waals surface area contributed by atoms with Crippen molar-refractivity contribution >= 4 is 23.6 Å². The molecular formula is C21H25NO4S. The van der Waals surface area contributed by atoms with Crippen LogP contribution in [0.4, 0.5) is 0 Å². The molecule has 0 fully saturated rings. The van der Waals surface area contributed by atoms with E-state index in [9.17, 15) is 14.7 Å². The van der Waals surface area contributed by atoms with Gasteiger partial charge in [-0.05, 0) is 49.8 Å². The Balaban J connectivity index is 2.04. The van der Waals surface area contributed by atoms with Crippen LogP contribution >= 0.6 is 11.8 Å². The number of amides is 1. The van der Waals surface area contributed by atoms with Crippen molar-refractivity contribution in [3.8, 4) is 0 Å². The van der Waals surface area contributed by atoms with E-state index in [1.165, 1.54) is 0 Å². The predicted octanol–water partition coefficient (Wildman–Crippen LogP) is 3.28. The molecule has 1 amide bonds. The molecule has 0 radical (unpaired) electrons. The molecule has 0 saturated heterocycles. The van der Waals surface area contributed by atoms with Crippen molar-refractivity contribution in [2.45, 2.75) is 30.2 Å². The van der Waals surface area contributed by atoms with Gasteiger partial charge in [0.1, 0.15) is 0 Å². The summed E-state index contributed by atoms with van der Waals surface area (Å²) in [5.41, 5.74) is -1.02. The Morgan fingerprint density at radius 2 is 1.70 bits per heavy atom. The number of aliphatic hydroxyl groups is 1. The molecule has 2 aromatic carbocycles. The first kappa shape index (κ1) is 21.0. The lowest BCUT2D eigenvalue weighted by molar-refractivity contribution is -0.153. The standard InChI is InChI=1S/C21H25NO4S/c1-2-26-20(25)21(16-23,22-19(24)17-10-5-3-6-11-17)14-9-15-27-18-12-7-4-8-13-18/h3-8,10-13,23H,2,9,14-16H2,1H3,(H,22,24)/t21-/m0/s1. The van der Waals surface area contributed by atoms with Crippen LogP contribution in [0, 0.1) is 0 Å². The fraction of sp³-hybridized carbons (Fsp3) is 0.333. The van der Waals surface area contributed by atoms with Crippen LogP contribution < -0.4 is 5.32 Å². The zero-order valence-electron chi connectivity index (χ0n) is 15.4. The SMILES string of the molecule is CCOC(=O)[C@@](CO)(CCCSc1ccccc1)NC(=O)c1ccccc1. The number of carbonyl (C=O) groups excluding carboxylic acids is 2. The van der Waals surface area contributed by atoms with E-state index in [0.717, 1.165) is 10.6 Å². The van der Waals surface area contributed by atoms with E-state index in [-0.39, 0.29) is 6.61 Å². The summed E-state index contributed by atoms with van der Waals surface area (Å²) < 4.78 is 5.13. The molecule has 27 heavy (non-hydrogen) atoms. The minimum absolute atomic E-state index is 0.181. The zero-order chi connectivity index (χ0) is 19.5. The number of nitrogens with one attached hydrogen (secondary N) is 1. The molecule has 0 aliphatic heterocycles. The number of esters is 1. The number of aliphatic hydroxyl groups excluding tert-OH is 1. The molecule has 0 aliphatic rings. The van der Waals surface area contributed by atoms with Gasteiger partial charge >= 0.3 is 5.97 Å². The van der Waals surface area contributed by atoms with E-state index in [4.69, 9.17) is 4.74 Å². The Labute approximate surface area is 164 Å². The van der Waals surface area contributed by atoms with Crippen LogP contribution in [0.15, 0.2) is 65.6 Å². The lowest BCUT2D eigenvalue weighted by Crippen LogP contribution is -2.58. The van der Waals surface area contributed by atoms with Gasteiger partial charge in [-0.25, -0.2) is 4.79 Å². The Bertz CT molecular complexity index is 723. The normalized spacial score (nSPS) is 12.8. The van der Waals surface area contributed by atoms with E-state index in [1.807, 2.05) is 36.4 Å². The van der Waals surface area contributed by atoms with Crippen LogP contribution in [0.1, 0.15) is 30.1 Å². The van der Waals surface area contributed by atoms with Crippen LogP contribution in [0.2, 0.25) is 0 Å². The third kappa shape index (κ3) is 6.12. The Morgan fingerprint density at radius 3 is 2.30 bits per heavy atom. The van der Waals surface area contributed by atoms with Crippen LogP contribution in [-0.4, -0.2) is 41.5 Å². The van der Waals surface area contributed by atoms with E-state index in [2.05, 4.69) is 5.32 Å². The summed E-state index contributed by atoms with van der Waals surface area (Å²) in [5, 5.41) is 12.7. The van der Waals surface area contributed by atoms with E-state index in [0.29, 0.717) is 18.4 Å². The lowest BCUT2D eigenvalue weighted by atomic mass is 9.94. The van der Waals surface area contributed by atoms with Gasteiger partial charge in [-0.2, -0.15) is 0 Å². The molecule has 2 rings (SSSR count). The first-order valence-electron chi connectivity index (χ1n) is 8.95. The van der Waals surface area contributed by atoms with Gasteiger partial charge in [0.05, 0.1) is 13.2 Å². The highest BCUT2D eigenvalue weighted by molar-refractivity contribution is 7.99. The van der Waals surface area contributed by atoms with Gasteiger partial charge in [0.25, 0.3) is 5.91 Å². The lowest BCUT2D eigenvalue weighted by Gasteiger charge is -2.30. The monoisotopic (exact) mass is 387 g/mol. The molecule has 2 aromatic rings. The maximum atomic E-state index is 12.5. The molecule has 5 nitrogen and oxygen atoms in total. The number of rotatable bonds is 10. The van der Waals surface area contributed by atoms with Crippen LogP contribution in [-0.2, 0) is 9.53 Å². The van der Waals surface area contributed by atoms with Gasteiger partial charge in [-0.1, -0.05) is 36.4 Å². The van der Waals surface area contributed by atoms with Gasteiger partial charge in [0, 0.05) is 10.5 Å². The molecule has 0 saturated carbocycles. The zero-order valence-corrected chi connectivity index (χ0v) is 16.2. The Morgan fingerprint density at radius 1 is 1.07 bits per heavy atom. The average molecular weight is 388 g/mol. The molecule has 144 valence electrons. The number of carbonyl (C=O) groups is 2. The fourth-order valence-corrected chi connectivity index (χ4v) is 3.50. The number of thioether (sulfide) groups is 1. The van der Waals surface area contributed by atoms with Crippen molar-refractivity contribution in [1.29, 1.82) is 0 Å². The van der Waals surface area contributed by atoms with Crippen molar-refractivity contribution < 1.29 is 19.4 Å². The summed E-state index contributed by atoms with van der Waals surface area (Å²) in [7, 11) is 0. The highest BCUT2D eigenvalue weighted by Gasteiger charge is 2.40. The summed E-state index contributed by atoms with van der Waals surface area (Å²) in [6.45, 7) is 1.37.